The zero-order valence-corrected chi connectivity index (χ0v) is 12.7. The van der Waals surface area contributed by atoms with Crippen molar-refractivity contribution >= 4 is 43.6 Å². The molecule has 0 aliphatic heterocycles. The number of para-hydroxylation sites is 2. The summed E-state index contributed by atoms with van der Waals surface area (Å²) in [5.41, 5.74) is 5.10. The van der Waals surface area contributed by atoms with E-state index in [0.29, 0.717) is 0 Å². The molecule has 0 saturated carbocycles. The molecular formula is C21H14N2. The lowest BCUT2D eigenvalue weighted by atomic mass is 9.98. The second kappa shape index (κ2) is 4.50. The molecule has 0 fully saturated rings. The number of rotatable bonds is 0. The Balaban J connectivity index is 2.16. The first-order valence-corrected chi connectivity index (χ1v) is 7.79. The van der Waals surface area contributed by atoms with Crippen molar-refractivity contribution in [1.82, 2.24) is 9.97 Å². The summed E-state index contributed by atoms with van der Waals surface area (Å²) < 4.78 is 0. The summed E-state index contributed by atoms with van der Waals surface area (Å²) >= 11 is 0. The van der Waals surface area contributed by atoms with E-state index < -0.39 is 0 Å². The number of aryl methyl sites for hydroxylation is 1. The Morgan fingerprint density at radius 3 is 1.87 bits per heavy atom. The largest absolute Gasteiger partial charge is 0.244 e. The lowest BCUT2D eigenvalue weighted by Gasteiger charge is -2.10. The summed E-state index contributed by atoms with van der Waals surface area (Å²) in [5, 5.41) is 4.82. The van der Waals surface area contributed by atoms with E-state index in [2.05, 4.69) is 49.4 Å². The Morgan fingerprint density at radius 1 is 0.565 bits per heavy atom. The summed E-state index contributed by atoms with van der Waals surface area (Å²) in [6.45, 7) is 2.12. The molecule has 0 spiro atoms. The molecule has 2 nitrogen and oxygen atoms in total. The molecule has 2 heteroatoms. The minimum atomic E-state index is 0.942. The minimum Gasteiger partial charge on any atom is -0.244 e. The van der Waals surface area contributed by atoms with Gasteiger partial charge >= 0.3 is 0 Å². The molecule has 0 amide bonds. The van der Waals surface area contributed by atoms with Crippen LogP contribution in [0.25, 0.3) is 43.6 Å². The molecule has 23 heavy (non-hydrogen) atoms. The van der Waals surface area contributed by atoms with Crippen molar-refractivity contribution < 1.29 is 0 Å². The normalized spacial score (nSPS) is 11.7. The first-order valence-electron chi connectivity index (χ1n) is 7.79. The lowest BCUT2D eigenvalue weighted by molar-refractivity contribution is 1.41. The van der Waals surface area contributed by atoms with Crippen molar-refractivity contribution in [2.24, 2.45) is 0 Å². The second-order valence-corrected chi connectivity index (χ2v) is 6.00. The van der Waals surface area contributed by atoms with Gasteiger partial charge in [-0.3, -0.25) is 0 Å². The summed E-state index contributed by atoms with van der Waals surface area (Å²) in [6.07, 6.45) is 0. The maximum atomic E-state index is 4.93. The monoisotopic (exact) mass is 294 g/mol. The Kier molecular flexibility index (Phi) is 2.45. The topological polar surface area (TPSA) is 25.8 Å². The predicted molar refractivity (Wildman–Crippen MR) is 96.8 cm³/mol. The van der Waals surface area contributed by atoms with Gasteiger partial charge in [-0.2, -0.15) is 0 Å². The lowest BCUT2D eigenvalue weighted by Crippen LogP contribution is -1.91. The van der Waals surface area contributed by atoms with E-state index in [-0.39, 0.29) is 0 Å². The molecule has 0 bridgehead atoms. The zero-order valence-electron chi connectivity index (χ0n) is 12.7. The van der Waals surface area contributed by atoms with Crippen LogP contribution in [-0.4, -0.2) is 9.97 Å². The standard InChI is InChI=1S/C21H14N2/c1-13-10-11-15-14-6-2-3-7-16(14)20-21(17(15)12-13)23-19-9-5-4-8-18(19)22-20/h2-12H,1H3. The van der Waals surface area contributed by atoms with Crippen LogP contribution >= 0.6 is 0 Å². The highest BCUT2D eigenvalue weighted by Gasteiger charge is 2.11. The van der Waals surface area contributed by atoms with Gasteiger partial charge in [-0.05, 0) is 35.9 Å². The predicted octanol–water partition coefficient (Wildman–Crippen LogP) is 5.40. The van der Waals surface area contributed by atoms with Crippen LogP contribution in [0.5, 0.6) is 0 Å². The Bertz CT molecular complexity index is 1220. The third-order valence-corrected chi connectivity index (χ3v) is 4.47. The zero-order chi connectivity index (χ0) is 15.4. The van der Waals surface area contributed by atoms with Gasteiger partial charge < -0.3 is 0 Å². The molecule has 108 valence electrons. The number of benzene rings is 4. The van der Waals surface area contributed by atoms with Gasteiger partial charge in [0.15, 0.2) is 0 Å². The molecule has 0 unspecified atom stereocenters. The van der Waals surface area contributed by atoms with Gasteiger partial charge in [0, 0.05) is 10.8 Å². The van der Waals surface area contributed by atoms with Gasteiger partial charge in [0.1, 0.15) is 0 Å². The SMILES string of the molecule is Cc1ccc2c3ccccc3c3nc4ccccc4nc3c2c1. The van der Waals surface area contributed by atoms with Gasteiger partial charge in [0.2, 0.25) is 0 Å². The molecule has 1 heterocycles. The fourth-order valence-corrected chi connectivity index (χ4v) is 3.39. The van der Waals surface area contributed by atoms with E-state index in [1.54, 1.807) is 0 Å². The summed E-state index contributed by atoms with van der Waals surface area (Å²) in [5.74, 6) is 0. The Labute approximate surface area is 133 Å². The van der Waals surface area contributed by atoms with Gasteiger partial charge in [-0.25, -0.2) is 9.97 Å². The number of fused-ring (bicyclic) bond motifs is 7. The van der Waals surface area contributed by atoms with Crippen LogP contribution in [0.3, 0.4) is 0 Å². The van der Waals surface area contributed by atoms with Gasteiger partial charge in [-0.15, -0.1) is 0 Å². The molecule has 0 radical (unpaired) electrons. The van der Waals surface area contributed by atoms with Crippen molar-refractivity contribution in [1.29, 1.82) is 0 Å². The molecule has 5 aromatic rings. The minimum absolute atomic E-state index is 0.942. The van der Waals surface area contributed by atoms with Crippen LogP contribution in [-0.2, 0) is 0 Å². The van der Waals surface area contributed by atoms with Crippen molar-refractivity contribution in [3.05, 3.63) is 72.3 Å². The molecule has 5 rings (SSSR count). The molecular weight excluding hydrogens is 280 g/mol. The number of hydrogen-bond donors (Lipinski definition) is 0. The molecule has 0 aliphatic carbocycles. The molecule has 1 aromatic heterocycles. The van der Waals surface area contributed by atoms with E-state index in [1.807, 2.05) is 24.3 Å². The Hall–Kier alpha value is -3.00. The van der Waals surface area contributed by atoms with Crippen LogP contribution in [0.15, 0.2) is 66.7 Å². The van der Waals surface area contributed by atoms with Crippen LogP contribution in [0.4, 0.5) is 0 Å². The van der Waals surface area contributed by atoms with Crippen molar-refractivity contribution in [3.63, 3.8) is 0 Å². The van der Waals surface area contributed by atoms with Gasteiger partial charge in [0.25, 0.3) is 0 Å². The van der Waals surface area contributed by atoms with Crippen LogP contribution < -0.4 is 0 Å². The average Bonchev–Trinajstić information content (AvgIpc) is 2.60. The number of nitrogens with zero attached hydrogens (tertiary/aromatic N) is 2. The molecule has 0 saturated heterocycles. The fraction of sp³-hybridized carbons (Fsp3) is 0.0476. The maximum Gasteiger partial charge on any atom is 0.0979 e. The van der Waals surface area contributed by atoms with E-state index in [0.717, 1.165) is 27.5 Å². The summed E-state index contributed by atoms with van der Waals surface area (Å²) in [4.78, 5) is 9.86. The van der Waals surface area contributed by atoms with Crippen molar-refractivity contribution in [2.45, 2.75) is 6.92 Å². The maximum absolute atomic E-state index is 4.93. The third kappa shape index (κ3) is 1.75. The van der Waals surface area contributed by atoms with Gasteiger partial charge in [0.05, 0.1) is 22.1 Å². The highest BCUT2D eigenvalue weighted by atomic mass is 14.8. The van der Waals surface area contributed by atoms with E-state index in [1.165, 1.54) is 21.7 Å². The second-order valence-electron chi connectivity index (χ2n) is 6.00. The Morgan fingerprint density at radius 2 is 1.13 bits per heavy atom. The first kappa shape index (κ1) is 12.5. The number of hydrogen-bond acceptors (Lipinski definition) is 2. The smallest absolute Gasteiger partial charge is 0.0979 e. The van der Waals surface area contributed by atoms with Crippen LogP contribution in [0.1, 0.15) is 5.56 Å². The highest BCUT2D eigenvalue weighted by Crippen LogP contribution is 2.34. The summed E-state index contributed by atoms with van der Waals surface area (Å²) in [7, 11) is 0. The van der Waals surface area contributed by atoms with E-state index in [9.17, 15) is 0 Å². The van der Waals surface area contributed by atoms with Crippen molar-refractivity contribution in [2.75, 3.05) is 0 Å². The molecule has 4 aromatic carbocycles. The van der Waals surface area contributed by atoms with E-state index in [4.69, 9.17) is 9.97 Å². The van der Waals surface area contributed by atoms with Crippen molar-refractivity contribution in [3.8, 4) is 0 Å². The summed E-state index contributed by atoms with van der Waals surface area (Å²) in [6, 6.07) is 23.1. The average molecular weight is 294 g/mol. The third-order valence-electron chi connectivity index (χ3n) is 4.47. The highest BCUT2D eigenvalue weighted by molar-refractivity contribution is 6.23. The van der Waals surface area contributed by atoms with E-state index >= 15 is 0 Å². The molecule has 0 aliphatic rings. The fourth-order valence-electron chi connectivity index (χ4n) is 3.39. The first-order chi connectivity index (χ1) is 11.3. The molecule has 0 atom stereocenters. The van der Waals surface area contributed by atoms with Crippen LogP contribution in [0, 0.1) is 6.92 Å². The van der Waals surface area contributed by atoms with Gasteiger partial charge in [-0.1, -0.05) is 54.1 Å². The van der Waals surface area contributed by atoms with Crippen LogP contribution in [0.2, 0.25) is 0 Å². The quantitative estimate of drug-likeness (QED) is 0.282. The number of aromatic nitrogens is 2. The molecule has 0 N–H and O–H groups in total.